The second kappa shape index (κ2) is 4.43. The van der Waals surface area contributed by atoms with Gasteiger partial charge in [-0.05, 0) is 12.8 Å². The summed E-state index contributed by atoms with van der Waals surface area (Å²) in [7, 11) is 10.6. The first kappa shape index (κ1) is 14.8. The lowest BCUT2D eigenvalue weighted by Gasteiger charge is -2.43. The molecule has 0 bridgehead atoms. The molecule has 0 nitrogen and oxygen atoms in total. The molecular weight excluding hydrogens is 244 g/mol. The molecule has 1 rings (SSSR count). The Morgan fingerprint density at radius 1 is 0.882 bits per heavy atom. The van der Waals surface area contributed by atoms with E-state index in [-0.39, 0.29) is 12.8 Å². The molecule has 94 valence electrons. The summed E-state index contributed by atoms with van der Waals surface area (Å²) < 4.78 is 75.8. The van der Waals surface area contributed by atoms with Gasteiger partial charge in [-0.2, -0.15) is 26.3 Å². The minimum absolute atomic E-state index is 0.253. The average Bonchev–Trinajstić information content (AvgIpc) is 2.14. The van der Waals surface area contributed by atoms with Crippen LogP contribution in [-0.4, -0.2) is 28.0 Å². The summed E-state index contributed by atoms with van der Waals surface area (Å²) >= 11 is 0. The van der Waals surface area contributed by atoms with Crippen molar-refractivity contribution in [1.29, 1.82) is 0 Å². The van der Waals surface area contributed by atoms with Gasteiger partial charge in [0, 0.05) is 0 Å². The Morgan fingerprint density at radius 2 is 1.24 bits per heavy atom. The highest BCUT2D eigenvalue weighted by Crippen LogP contribution is 2.59. The summed E-state index contributed by atoms with van der Waals surface area (Å²) in [5, 5.41) is 0. The molecule has 17 heavy (non-hydrogen) atoms. The summed E-state index contributed by atoms with van der Waals surface area (Å²) in [6.45, 7) is 0. The van der Waals surface area contributed by atoms with E-state index in [0.29, 0.717) is 0 Å². The van der Waals surface area contributed by atoms with Crippen molar-refractivity contribution in [2.45, 2.75) is 43.8 Å². The molecule has 0 aliphatic heterocycles. The highest BCUT2D eigenvalue weighted by atomic mass is 19.4. The molecule has 4 radical (unpaired) electrons. The van der Waals surface area contributed by atoms with E-state index >= 15 is 0 Å². The van der Waals surface area contributed by atoms with Gasteiger partial charge in [-0.25, -0.2) is 0 Å². The predicted molar refractivity (Wildman–Crippen MR) is 51.8 cm³/mol. The Bertz CT molecular complexity index is 246. The van der Waals surface area contributed by atoms with Gasteiger partial charge in [0.1, 0.15) is 0 Å². The van der Waals surface area contributed by atoms with Crippen LogP contribution in [0.25, 0.3) is 0 Å². The van der Waals surface area contributed by atoms with Gasteiger partial charge < -0.3 is 0 Å². The van der Waals surface area contributed by atoms with Gasteiger partial charge in [0.25, 0.3) is 0 Å². The summed E-state index contributed by atoms with van der Waals surface area (Å²) in [6, 6.07) is 0. The maximum Gasteiger partial charge on any atom is 0.403 e. The van der Waals surface area contributed by atoms with E-state index < -0.39 is 42.2 Å². The fraction of sp³-hybridized carbons (Fsp3) is 1.00. The standard InChI is InChI=1S/C9H10B2F6/c10-6(11)5-1-3-7(4-2-5,8(12,13)14)9(15,16)17/h5-6H,1-4H2. The highest BCUT2D eigenvalue weighted by molar-refractivity contribution is 6.35. The average molecular weight is 254 g/mol. The molecule has 1 aliphatic carbocycles. The van der Waals surface area contributed by atoms with Crippen molar-refractivity contribution in [2.75, 3.05) is 0 Å². The molecule has 0 aromatic carbocycles. The van der Waals surface area contributed by atoms with E-state index in [4.69, 9.17) is 15.7 Å². The van der Waals surface area contributed by atoms with E-state index in [2.05, 4.69) is 0 Å². The Labute approximate surface area is 97.9 Å². The van der Waals surface area contributed by atoms with Crippen molar-refractivity contribution in [3.05, 3.63) is 0 Å². The molecule has 0 aromatic rings. The minimum Gasteiger partial charge on any atom is -0.170 e. The van der Waals surface area contributed by atoms with Crippen LogP contribution in [0, 0.1) is 11.3 Å². The Balaban J connectivity index is 2.92. The molecule has 0 atom stereocenters. The minimum atomic E-state index is -5.28. The third kappa shape index (κ3) is 2.60. The number of alkyl halides is 6. The molecule has 0 heterocycles. The van der Waals surface area contributed by atoms with Crippen LogP contribution in [0.1, 0.15) is 25.7 Å². The SMILES string of the molecule is [B]C([B])C1CCC(C(F)(F)F)(C(F)(F)F)CC1. The summed E-state index contributed by atoms with van der Waals surface area (Å²) in [6.07, 6.45) is -13.1. The molecule has 0 amide bonds. The van der Waals surface area contributed by atoms with E-state index in [0.717, 1.165) is 0 Å². The molecular formula is C9H10B2F6. The lowest BCUT2D eigenvalue weighted by molar-refractivity contribution is -0.351. The summed E-state index contributed by atoms with van der Waals surface area (Å²) in [5.41, 5.74) is -4.46. The third-order valence-electron chi connectivity index (χ3n) is 3.51. The summed E-state index contributed by atoms with van der Waals surface area (Å²) in [5.74, 6) is -0.479. The molecule has 8 heteroatoms. The van der Waals surface area contributed by atoms with E-state index in [1.807, 2.05) is 0 Å². The van der Waals surface area contributed by atoms with Crippen LogP contribution < -0.4 is 0 Å². The second-order valence-corrected chi connectivity index (χ2v) is 4.49. The first-order valence-corrected chi connectivity index (χ1v) is 5.16. The van der Waals surface area contributed by atoms with Crippen LogP contribution in [0.3, 0.4) is 0 Å². The molecule has 0 aromatic heterocycles. The summed E-state index contributed by atoms with van der Waals surface area (Å²) in [4.78, 5) is 0. The van der Waals surface area contributed by atoms with Crippen LogP contribution in [-0.2, 0) is 0 Å². The lowest BCUT2D eigenvalue weighted by Crippen LogP contribution is -2.52. The Hall–Kier alpha value is -0.290. The largest absolute Gasteiger partial charge is 0.403 e. The number of hydrogen-bond donors (Lipinski definition) is 0. The van der Waals surface area contributed by atoms with Crippen LogP contribution >= 0.6 is 0 Å². The van der Waals surface area contributed by atoms with Gasteiger partial charge in [-0.1, -0.05) is 18.8 Å². The van der Waals surface area contributed by atoms with Crippen molar-refractivity contribution in [2.24, 2.45) is 11.3 Å². The zero-order chi connectivity index (χ0) is 13.5. The van der Waals surface area contributed by atoms with Crippen molar-refractivity contribution >= 4 is 15.7 Å². The number of halogens is 6. The third-order valence-corrected chi connectivity index (χ3v) is 3.51. The van der Waals surface area contributed by atoms with Crippen molar-refractivity contribution in [3.8, 4) is 0 Å². The normalized spacial score (nSPS) is 23.0. The van der Waals surface area contributed by atoms with E-state index in [1.165, 1.54) is 0 Å². The molecule has 0 unspecified atom stereocenters. The fourth-order valence-electron chi connectivity index (χ4n) is 2.25. The van der Waals surface area contributed by atoms with Gasteiger partial charge >= 0.3 is 12.4 Å². The Kier molecular flexibility index (Phi) is 3.85. The monoisotopic (exact) mass is 254 g/mol. The van der Waals surface area contributed by atoms with Crippen LogP contribution in [0.2, 0.25) is 5.72 Å². The van der Waals surface area contributed by atoms with Crippen LogP contribution in [0.15, 0.2) is 0 Å². The molecule has 1 fully saturated rings. The lowest BCUT2D eigenvalue weighted by atomic mass is 9.56. The maximum absolute atomic E-state index is 12.6. The highest BCUT2D eigenvalue weighted by Gasteiger charge is 2.70. The van der Waals surface area contributed by atoms with Gasteiger partial charge in [0.15, 0.2) is 5.41 Å². The van der Waals surface area contributed by atoms with Gasteiger partial charge in [-0.3, -0.25) is 0 Å². The van der Waals surface area contributed by atoms with Crippen LogP contribution in [0.4, 0.5) is 26.3 Å². The van der Waals surface area contributed by atoms with Gasteiger partial charge in [0.2, 0.25) is 0 Å². The molecule has 0 saturated heterocycles. The second-order valence-electron chi connectivity index (χ2n) is 4.49. The van der Waals surface area contributed by atoms with Gasteiger partial charge in [0.05, 0.1) is 15.7 Å². The zero-order valence-electron chi connectivity index (χ0n) is 8.91. The smallest absolute Gasteiger partial charge is 0.170 e. The van der Waals surface area contributed by atoms with Crippen molar-refractivity contribution < 1.29 is 26.3 Å². The Morgan fingerprint density at radius 3 is 1.47 bits per heavy atom. The molecule has 0 N–H and O–H groups in total. The molecule has 1 saturated carbocycles. The van der Waals surface area contributed by atoms with E-state index in [1.54, 1.807) is 0 Å². The first-order valence-electron chi connectivity index (χ1n) is 5.16. The predicted octanol–water partition coefficient (Wildman–Crippen LogP) is 3.37. The van der Waals surface area contributed by atoms with Crippen molar-refractivity contribution in [1.82, 2.24) is 0 Å². The number of hydrogen-bond acceptors (Lipinski definition) is 0. The van der Waals surface area contributed by atoms with Crippen LogP contribution in [0.5, 0.6) is 0 Å². The maximum atomic E-state index is 12.6. The van der Waals surface area contributed by atoms with Gasteiger partial charge in [-0.15, -0.1) is 5.72 Å². The van der Waals surface area contributed by atoms with Crippen molar-refractivity contribution in [3.63, 3.8) is 0 Å². The quantitative estimate of drug-likeness (QED) is 0.497. The fourth-order valence-corrected chi connectivity index (χ4v) is 2.25. The number of rotatable bonds is 1. The van der Waals surface area contributed by atoms with E-state index in [9.17, 15) is 26.3 Å². The topological polar surface area (TPSA) is 0 Å². The molecule has 0 spiro atoms. The zero-order valence-corrected chi connectivity index (χ0v) is 8.91. The first-order chi connectivity index (χ1) is 7.51. The molecule has 1 aliphatic rings.